The van der Waals surface area contributed by atoms with Crippen molar-refractivity contribution >= 4 is 15.9 Å². The molecule has 40 heavy (non-hydrogen) atoms. The summed E-state index contributed by atoms with van der Waals surface area (Å²) in [6.07, 6.45) is 0.205. The molecule has 1 fully saturated rings. The van der Waals surface area contributed by atoms with Gasteiger partial charge in [0.2, 0.25) is 15.9 Å². The van der Waals surface area contributed by atoms with Gasteiger partial charge in [-0.1, -0.05) is 91.0 Å². The number of sulfonamides is 1. The Morgan fingerprint density at radius 1 is 0.725 bits per heavy atom. The Balaban J connectivity index is 1.34. The average molecular weight is 558 g/mol. The SMILES string of the molecule is O=C([C@H](Cc1ccccc1)NS(=O)(=O)c1ccc(F)cc1)N1CCN(C(c2ccccc2)c2ccccc2)CC1. The highest BCUT2D eigenvalue weighted by Crippen LogP contribution is 2.29. The molecule has 0 bridgehead atoms. The summed E-state index contributed by atoms with van der Waals surface area (Å²) in [6, 6.07) is 33.6. The van der Waals surface area contributed by atoms with E-state index in [1.807, 2.05) is 66.7 Å². The summed E-state index contributed by atoms with van der Waals surface area (Å²) in [4.78, 5) is 17.8. The van der Waals surface area contributed by atoms with Crippen LogP contribution in [0.4, 0.5) is 4.39 Å². The van der Waals surface area contributed by atoms with Crippen molar-refractivity contribution in [1.82, 2.24) is 14.5 Å². The van der Waals surface area contributed by atoms with E-state index in [2.05, 4.69) is 33.9 Å². The van der Waals surface area contributed by atoms with Gasteiger partial charge in [-0.2, -0.15) is 4.72 Å². The van der Waals surface area contributed by atoms with Gasteiger partial charge in [0.25, 0.3) is 0 Å². The third-order valence-electron chi connectivity index (χ3n) is 7.22. The van der Waals surface area contributed by atoms with Crippen molar-refractivity contribution in [2.75, 3.05) is 26.2 Å². The topological polar surface area (TPSA) is 69.7 Å². The largest absolute Gasteiger partial charge is 0.339 e. The van der Waals surface area contributed by atoms with Crippen LogP contribution in [-0.2, 0) is 21.2 Å². The maximum atomic E-state index is 13.8. The van der Waals surface area contributed by atoms with Crippen LogP contribution in [0.5, 0.6) is 0 Å². The molecule has 0 spiro atoms. The zero-order chi connectivity index (χ0) is 28.0. The zero-order valence-electron chi connectivity index (χ0n) is 22.1. The number of hydrogen-bond acceptors (Lipinski definition) is 4. The van der Waals surface area contributed by atoms with E-state index in [0.29, 0.717) is 26.2 Å². The lowest BCUT2D eigenvalue weighted by molar-refractivity contribution is -0.135. The average Bonchev–Trinajstić information content (AvgIpc) is 2.99. The lowest BCUT2D eigenvalue weighted by Gasteiger charge is -2.40. The van der Waals surface area contributed by atoms with E-state index in [1.54, 1.807) is 4.90 Å². The van der Waals surface area contributed by atoms with Crippen LogP contribution in [0, 0.1) is 5.82 Å². The molecule has 1 amide bonds. The van der Waals surface area contributed by atoms with E-state index in [0.717, 1.165) is 17.7 Å². The quantitative estimate of drug-likeness (QED) is 0.325. The van der Waals surface area contributed by atoms with Crippen LogP contribution in [-0.4, -0.2) is 56.3 Å². The normalized spacial score (nSPS) is 15.2. The Hall–Kier alpha value is -3.85. The molecule has 4 aromatic rings. The van der Waals surface area contributed by atoms with Crippen molar-refractivity contribution in [3.8, 4) is 0 Å². The number of nitrogens with zero attached hydrogens (tertiary/aromatic N) is 2. The second kappa shape index (κ2) is 12.6. The number of benzene rings is 4. The number of hydrogen-bond donors (Lipinski definition) is 1. The minimum Gasteiger partial charge on any atom is -0.339 e. The summed E-state index contributed by atoms with van der Waals surface area (Å²) >= 11 is 0. The van der Waals surface area contributed by atoms with Gasteiger partial charge in [0.05, 0.1) is 10.9 Å². The van der Waals surface area contributed by atoms with Gasteiger partial charge in [-0.15, -0.1) is 0 Å². The van der Waals surface area contributed by atoms with Gasteiger partial charge in [-0.3, -0.25) is 9.69 Å². The van der Waals surface area contributed by atoms with Crippen LogP contribution in [0.25, 0.3) is 0 Å². The van der Waals surface area contributed by atoms with E-state index in [4.69, 9.17) is 0 Å². The molecular formula is C32H32FN3O3S. The second-order valence-corrected chi connectivity index (χ2v) is 11.6. The summed E-state index contributed by atoms with van der Waals surface area (Å²) in [5.74, 6) is -0.803. The third kappa shape index (κ3) is 6.65. The maximum absolute atomic E-state index is 13.8. The fourth-order valence-electron chi connectivity index (χ4n) is 5.20. The van der Waals surface area contributed by atoms with Crippen LogP contribution in [0.15, 0.2) is 120 Å². The van der Waals surface area contributed by atoms with Crippen LogP contribution < -0.4 is 4.72 Å². The minimum absolute atomic E-state index is 0.0525. The second-order valence-electron chi connectivity index (χ2n) is 9.90. The van der Waals surface area contributed by atoms with Crippen molar-refractivity contribution in [3.05, 3.63) is 138 Å². The summed E-state index contributed by atoms with van der Waals surface area (Å²) in [5, 5.41) is 0. The summed E-state index contributed by atoms with van der Waals surface area (Å²) in [6.45, 7) is 2.23. The highest BCUT2D eigenvalue weighted by Gasteiger charge is 2.33. The van der Waals surface area contributed by atoms with Gasteiger partial charge >= 0.3 is 0 Å². The predicted octanol–water partition coefficient (Wildman–Crippen LogP) is 4.65. The van der Waals surface area contributed by atoms with E-state index in [1.165, 1.54) is 23.3 Å². The van der Waals surface area contributed by atoms with E-state index in [-0.39, 0.29) is 23.3 Å². The van der Waals surface area contributed by atoms with Gasteiger partial charge < -0.3 is 4.90 Å². The molecule has 0 unspecified atom stereocenters. The zero-order valence-corrected chi connectivity index (χ0v) is 22.9. The fourth-order valence-corrected chi connectivity index (χ4v) is 6.39. The predicted molar refractivity (Wildman–Crippen MR) is 154 cm³/mol. The first-order valence-electron chi connectivity index (χ1n) is 13.4. The highest BCUT2D eigenvalue weighted by molar-refractivity contribution is 7.89. The number of carbonyl (C=O) groups excluding carboxylic acids is 1. The first kappa shape index (κ1) is 27.7. The Morgan fingerprint density at radius 2 is 1.23 bits per heavy atom. The maximum Gasteiger partial charge on any atom is 0.241 e. The Bertz CT molecular complexity index is 1450. The van der Waals surface area contributed by atoms with Crippen LogP contribution in [0.3, 0.4) is 0 Å². The molecule has 6 nitrogen and oxygen atoms in total. The standard InChI is InChI=1S/C32H32FN3O3S/c33-28-16-18-29(19-17-28)40(38,39)34-30(24-25-10-4-1-5-11-25)32(37)36-22-20-35(21-23-36)31(26-12-6-2-7-13-26)27-14-8-3-9-15-27/h1-19,30-31,34H,20-24H2/t30-/m0/s1. The fraction of sp³-hybridized carbons (Fsp3) is 0.219. The summed E-state index contributed by atoms with van der Waals surface area (Å²) < 4.78 is 42.4. The van der Waals surface area contributed by atoms with Crippen LogP contribution in [0.1, 0.15) is 22.7 Å². The molecule has 0 aliphatic carbocycles. The number of piperazine rings is 1. The lowest BCUT2D eigenvalue weighted by Crippen LogP contribution is -2.56. The van der Waals surface area contributed by atoms with Crippen molar-refractivity contribution in [2.24, 2.45) is 0 Å². The van der Waals surface area contributed by atoms with Crippen molar-refractivity contribution < 1.29 is 17.6 Å². The van der Waals surface area contributed by atoms with Gasteiger partial charge in [0, 0.05) is 26.2 Å². The Labute approximate surface area is 235 Å². The van der Waals surface area contributed by atoms with E-state index < -0.39 is 21.9 Å². The number of halogens is 1. The molecule has 8 heteroatoms. The van der Waals surface area contributed by atoms with Crippen molar-refractivity contribution in [2.45, 2.75) is 23.4 Å². The molecular weight excluding hydrogens is 525 g/mol. The molecule has 1 atom stereocenters. The minimum atomic E-state index is -4.05. The van der Waals surface area contributed by atoms with Gasteiger partial charge in [-0.25, -0.2) is 12.8 Å². The van der Waals surface area contributed by atoms with Gasteiger partial charge in [0.1, 0.15) is 11.9 Å². The van der Waals surface area contributed by atoms with Crippen molar-refractivity contribution in [3.63, 3.8) is 0 Å². The van der Waals surface area contributed by atoms with Gasteiger partial charge in [0.15, 0.2) is 0 Å². The molecule has 4 aromatic carbocycles. The molecule has 0 aromatic heterocycles. The summed E-state index contributed by atoms with van der Waals surface area (Å²) in [5.41, 5.74) is 3.21. The smallest absolute Gasteiger partial charge is 0.241 e. The third-order valence-corrected chi connectivity index (χ3v) is 8.71. The molecule has 1 saturated heterocycles. The molecule has 1 aliphatic rings. The Kier molecular flexibility index (Phi) is 8.69. The molecule has 1 aliphatic heterocycles. The van der Waals surface area contributed by atoms with E-state index in [9.17, 15) is 17.6 Å². The van der Waals surface area contributed by atoms with Crippen LogP contribution >= 0.6 is 0 Å². The van der Waals surface area contributed by atoms with Gasteiger partial charge in [-0.05, 0) is 47.4 Å². The first-order chi connectivity index (χ1) is 19.4. The number of nitrogens with one attached hydrogen (secondary N) is 1. The van der Waals surface area contributed by atoms with Crippen molar-refractivity contribution in [1.29, 1.82) is 0 Å². The lowest BCUT2D eigenvalue weighted by atomic mass is 9.96. The first-order valence-corrected chi connectivity index (χ1v) is 14.8. The highest BCUT2D eigenvalue weighted by atomic mass is 32.2. The molecule has 206 valence electrons. The number of amides is 1. The molecule has 1 N–H and O–H groups in total. The molecule has 0 saturated carbocycles. The molecule has 5 rings (SSSR count). The monoisotopic (exact) mass is 557 g/mol. The van der Waals surface area contributed by atoms with E-state index >= 15 is 0 Å². The molecule has 1 heterocycles. The Morgan fingerprint density at radius 3 is 1.75 bits per heavy atom. The number of carbonyl (C=O) groups is 1. The molecule has 0 radical (unpaired) electrons. The summed E-state index contributed by atoms with van der Waals surface area (Å²) in [7, 11) is -4.05. The number of rotatable bonds is 9. The van der Waals surface area contributed by atoms with Crippen LogP contribution in [0.2, 0.25) is 0 Å².